The van der Waals surface area contributed by atoms with Gasteiger partial charge in [-0.05, 0) is 41.8 Å². The van der Waals surface area contributed by atoms with Crippen LogP contribution in [0.3, 0.4) is 0 Å². The van der Waals surface area contributed by atoms with Crippen molar-refractivity contribution in [2.45, 2.75) is 49.4 Å². The van der Waals surface area contributed by atoms with Gasteiger partial charge in [0.1, 0.15) is 0 Å². The topological polar surface area (TPSA) is 108 Å². The van der Waals surface area contributed by atoms with E-state index >= 15 is 0 Å². The van der Waals surface area contributed by atoms with Crippen LogP contribution in [0.4, 0.5) is 5.69 Å². The van der Waals surface area contributed by atoms with Crippen molar-refractivity contribution < 1.29 is 28.1 Å². The third-order valence-corrected chi connectivity index (χ3v) is 8.67. The zero-order valence-electron chi connectivity index (χ0n) is 21.3. The molecule has 202 valence electrons. The second-order valence-electron chi connectivity index (χ2n) is 10.1. The minimum Gasteiger partial charge on any atom is -0.392 e. The molecule has 3 aromatic rings. The molecule has 3 aromatic carbocycles. The molecule has 0 saturated carbocycles. The van der Waals surface area contributed by atoms with E-state index in [2.05, 4.69) is 16.5 Å². The number of aliphatic hydroxyl groups is 2. The van der Waals surface area contributed by atoms with Crippen molar-refractivity contribution >= 4 is 15.7 Å². The summed E-state index contributed by atoms with van der Waals surface area (Å²) in [5.41, 5.74) is 2.93. The molecule has 0 bridgehead atoms. The highest BCUT2D eigenvalue weighted by molar-refractivity contribution is 7.92. The van der Waals surface area contributed by atoms with Crippen LogP contribution in [0.5, 0.6) is 0 Å². The van der Waals surface area contributed by atoms with E-state index in [-0.39, 0.29) is 35.7 Å². The standard InChI is InChI=1S/C29H34N2O6S/c1-20-27(18-31-15-14-25(33)17-31)36-29(37-28(20)22-12-10-21(19-32)11-13-22)23-6-5-7-24(16-23)30-38(34,35)26-8-3-2-4-9-26/h2-13,16,20,25,27-30,32-33H,14-15,17-19H2,1H3. The van der Waals surface area contributed by atoms with Gasteiger partial charge in [0.2, 0.25) is 0 Å². The van der Waals surface area contributed by atoms with Crippen LogP contribution >= 0.6 is 0 Å². The van der Waals surface area contributed by atoms with E-state index in [1.165, 1.54) is 0 Å². The van der Waals surface area contributed by atoms with Gasteiger partial charge < -0.3 is 19.7 Å². The first-order valence-corrected chi connectivity index (χ1v) is 14.4. The summed E-state index contributed by atoms with van der Waals surface area (Å²) in [7, 11) is -3.74. The van der Waals surface area contributed by atoms with E-state index in [0.29, 0.717) is 24.3 Å². The molecule has 0 aliphatic carbocycles. The third kappa shape index (κ3) is 6.09. The normalized spacial score (nSPS) is 26.3. The van der Waals surface area contributed by atoms with E-state index in [4.69, 9.17) is 9.47 Å². The highest BCUT2D eigenvalue weighted by atomic mass is 32.2. The van der Waals surface area contributed by atoms with Gasteiger partial charge in [-0.2, -0.15) is 0 Å². The van der Waals surface area contributed by atoms with Crippen molar-refractivity contribution in [3.63, 3.8) is 0 Å². The molecule has 0 amide bonds. The summed E-state index contributed by atoms with van der Waals surface area (Å²) >= 11 is 0. The fourth-order valence-corrected chi connectivity index (χ4v) is 6.19. The van der Waals surface area contributed by atoms with E-state index in [9.17, 15) is 18.6 Å². The second-order valence-corrected chi connectivity index (χ2v) is 11.8. The zero-order chi connectivity index (χ0) is 26.7. The van der Waals surface area contributed by atoms with Crippen LogP contribution < -0.4 is 4.72 Å². The van der Waals surface area contributed by atoms with Crippen LogP contribution in [0.1, 0.15) is 42.4 Å². The summed E-state index contributed by atoms with van der Waals surface area (Å²) < 4.78 is 41.4. The number of rotatable bonds is 8. The molecule has 9 heteroatoms. The molecule has 5 unspecified atom stereocenters. The van der Waals surface area contributed by atoms with Crippen LogP contribution in [0.2, 0.25) is 0 Å². The molecule has 0 aromatic heterocycles. The SMILES string of the molecule is CC1C(CN2CCC(O)C2)OC(c2cccc(NS(=O)(=O)c3ccccc3)c2)OC1c1ccc(CO)cc1. The molecule has 3 N–H and O–H groups in total. The zero-order valence-corrected chi connectivity index (χ0v) is 22.1. The Bertz CT molecular complexity index is 1320. The fraction of sp³-hybridized carbons (Fsp3) is 0.379. The molecular formula is C29H34N2O6S. The number of benzene rings is 3. The highest BCUT2D eigenvalue weighted by Crippen LogP contribution is 2.42. The molecule has 2 aliphatic heterocycles. The molecule has 2 aliphatic rings. The number of ether oxygens (including phenoxy) is 2. The predicted molar refractivity (Wildman–Crippen MR) is 144 cm³/mol. The summed E-state index contributed by atoms with van der Waals surface area (Å²) in [6, 6.07) is 23.0. The van der Waals surface area contributed by atoms with E-state index in [1.807, 2.05) is 30.3 Å². The lowest BCUT2D eigenvalue weighted by molar-refractivity contribution is -0.276. The summed E-state index contributed by atoms with van der Waals surface area (Å²) in [4.78, 5) is 2.40. The molecule has 38 heavy (non-hydrogen) atoms. The number of nitrogens with one attached hydrogen (secondary N) is 1. The van der Waals surface area contributed by atoms with Crippen LogP contribution in [-0.4, -0.2) is 55.4 Å². The third-order valence-electron chi connectivity index (χ3n) is 7.27. The van der Waals surface area contributed by atoms with Gasteiger partial charge >= 0.3 is 0 Å². The largest absolute Gasteiger partial charge is 0.392 e. The Morgan fingerprint density at radius 2 is 1.74 bits per heavy atom. The first-order valence-electron chi connectivity index (χ1n) is 12.9. The van der Waals surface area contributed by atoms with Crippen molar-refractivity contribution in [3.05, 3.63) is 95.6 Å². The molecular weight excluding hydrogens is 504 g/mol. The average Bonchev–Trinajstić information content (AvgIpc) is 3.34. The lowest BCUT2D eigenvalue weighted by Crippen LogP contribution is -2.44. The lowest BCUT2D eigenvalue weighted by Gasteiger charge is -2.42. The molecule has 2 heterocycles. The Balaban J connectivity index is 1.41. The van der Waals surface area contributed by atoms with Gasteiger partial charge in [-0.15, -0.1) is 0 Å². The second kappa shape index (κ2) is 11.5. The van der Waals surface area contributed by atoms with Gasteiger partial charge in [0.05, 0.1) is 29.8 Å². The maximum atomic E-state index is 12.9. The maximum absolute atomic E-state index is 12.9. The number of β-amino-alcohol motifs (C(OH)–C–C–N with tert-alkyl or cyclic N) is 1. The number of anilines is 1. The van der Waals surface area contributed by atoms with Gasteiger partial charge in [0, 0.05) is 36.8 Å². The quantitative estimate of drug-likeness (QED) is 0.400. The van der Waals surface area contributed by atoms with E-state index in [1.54, 1.807) is 48.5 Å². The van der Waals surface area contributed by atoms with Gasteiger partial charge in [0.25, 0.3) is 10.0 Å². The Labute approximate surface area is 223 Å². The Morgan fingerprint density at radius 3 is 2.42 bits per heavy atom. The fourth-order valence-electron chi connectivity index (χ4n) is 5.12. The van der Waals surface area contributed by atoms with Gasteiger partial charge in [-0.1, -0.05) is 61.5 Å². The smallest absolute Gasteiger partial charge is 0.261 e. The molecule has 8 nitrogen and oxygen atoms in total. The Morgan fingerprint density at radius 1 is 0.974 bits per heavy atom. The first kappa shape index (κ1) is 26.8. The number of hydrogen-bond acceptors (Lipinski definition) is 7. The Hall–Kier alpha value is -2.79. The molecule has 0 radical (unpaired) electrons. The van der Waals surface area contributed by atoms with Crippen molar-refractivity contribution in [1.29, 1.82) is 0 Å². The first-order chi connectivity index (χ1) is 18.3. The minimum absolute atomic E-state index is 0.0173. The monoisotopic (exact) mass is 538 g/mol. The van der Waals surface area contributed by atoms with Gasteiger partial charge in [0.15, 0.2) is 6.29 Å². The summed E-state index contributed by atoms with van der Waals surface area (Å²) in [5.74, 6) is 0.0173. The number of hydrogen-bond donors (Lipinski definition) is 3. The van der Waals surface area contributed by atoms with Crippen LogP contribution in [0, 0.1) is 5.92 Å². The number of likely N-dealkylation sites (tertiary alicyclic amines) is 1. The molecule has 5 rings (SSSR count). The van der Waals surface area contributed by atoms with Crippen molar-refractivity contribution in [3.8, 4) is 0 Å². The van der Waals surface area contributed by atoms with E-state index < -0.39 is 16.3 Å². The molecule has 2 saturated heterocycles. The molecule has 2 fully saturated rings. The number of nitrogens with zero attached hydrogens (tertiary/aromatic N) is 1. The van der Waals surface area contributed by atoms with E-state index in [0.717, 1.165) is 24.1 Å². The van der Waals surface area contributed by atoms with Gasteiger partial charge in [-0.3, -0.25) is 9.62 Å². The maximum Gasteiger partial charge on any atom is 0.261 e. The predicted octanol–water partition coefficient (Wildman–Crippen LogP) is 3.84. The van der Waals surface area contributed by atoms with Gasteiger partial charge in [-0.25, -0.2) is 8.42 Å². The van der Waals surface area contributed by atoms with Crippen LogP contribution in [0.15, 0.2) is 83.8 Å². The summed E-state index contributed by atoms with van der Waals surface area (Å²) in [5, 5.41) is 19.5. The van der Waals surface area contributed by atoms with Crippen LogP contribution in [-0.2, 0) is 26.1 Å². The molecule has 5 atom stereocenters. The lowest BCUT2D eigenvalue weighted by atomic mass is 9.90. The number of aliphatic hydroxyl groups excluding tert-OH is 2. The average molecular weight is 539 g/mol. The minimum atomic E-state index is -3.74. The Kier molecular flexibility index (Phi) is 8.13. The van der Waals surface area contributed by atoms with Crippen LogP contribution in [0.25, 0.3) is 0 Å². The summed E-state index contributed by atoms with van der Waals surface area (Å²) in [6.45, 7) is 4.15. The van der Waals surface area contributed by atoms with Crippen molar-refractivity contribution in [1.82, 2.24) is 4.90 Å². The summed E-state index contributed by atoms with van der Waals surface area (Å²) in [6.07, 6.45) is -0.740. The van der Waals surface area contributed by atoms with Crippen molar-refractivity contribution in [2.24, 2.45) is 5.92 Å². The highest BCUT2D eigenvalue weighted by Gasteiger charge is 2.40. The molecule has 0 spiro atoms. The van der Waals surface area contributed by atoms with Crippen molar-refractivity contribution in [2.75, 3.05) is 24.4 Å². The number of sulfonamides is 1.